The van der Waals surface area contributed by atoms with E-state index < -0.39 is 21.9 Å². The summed E-state index contributed by atoms with van der Waals surface area (Å²) in [5.41, 5.74) is 0.0285. The average Bonchev–Trinajstić information content (AvgIpc) is 3.11. The molecule has 0 bridgehead atoms. The molecule has 1 heterocycles. The van der Waals surface area contributed by atoms with Gasteiger partial charge in [0.05, 0.1) is 11.4 Å². The van der Waals surface area contributed by atoms with E-state index in [9.17, 15) is 21.6 Å². The SMILES string of the molecule is CN=C(NCCNS(=O)(=O)c1ccc(C)cc1)NCc1nc(C(F)(F)F)cs1.I. The molecule has 0 radical (unpaired) electrons. The number of nitrogens with zero attached hydrogens (tertiary/aromatic N) is 2. The molecule has 13 heteroatoms. The summed E-state index contributed by atoms with van der Waals surface area (Å²) in [4.78, 5) is 7.62. The number of thiazole rings is 1. The van der Waals surface area contributed by atoms with Crippen LogP contribution in [0.15, 0.2) is 39.5 Å². The largest absolute Gasteiger partial charge is 0.434 e. The minimum absolute atomic E-state index is 0. The zero-order chi connectivity index (χ0) is 20.8. The first-order valence-corrected chi connectivity index (χ1v) is 10.5. The highest BCUT2D eigenvalue weighted by atomic mass is 127. The first-order valence-electron chi connectivity index (χ1n) is 8.14. The average molecular weight is 563 g/mol. The van der Waals surface area contributed by atoms with E-state index in [-0.39, 0.29) is 53.5 Å². The van der Waals surface area contributed by atoms with Gasteiger partial charge in [0.25, 0.3) is 0 Å². The molecule has 1 aromatic carbocycles. The highest BCUT2D eigenvalue weighted by molar-refractivity contribution is 14.0. The van der Waals surface area contributed by atoms with Crippen LogP contribution in [0.5, 0.6) is 0 Å². The van der Waals surface area contributed by atoms with Gasteiger partial charge >= 0.3 is 6.18 Å². The Hall–Kier alpha value is -1.45. The van der Waals surface area contributed by atoms with Crippen LogP contribution in [0, 0.1) is 6.92 Å². The molecule has 1 aromatic heterocycles. The van der Waals surface area contributed by atoms with Gasteiger partial charge in [0.2, 0.25) is 10.0 Å². The van der Waals surface area contributed by atoms with E-state index in [4.69, 9.17) is 0 Å². The number of aliphatic imine (C=N–C) groups is 1. The van der Waals surface area contributed by atoms with Crippen LogP contribution in [-0.4, -0.2) is 39.5 Å². The number of guanidine groups is 1. The Labute approximate surface area is 188 Å². The molecule has 3 N–H and O–H groups in total. The molecule has 2 rings (SSSR count). The van der Waals surface area contributed by atoms with Crippen LogP contribution in [0.3, 0.4) is 0 Å². The number of aromatic nitrogens is 1. The smallest absolute Gasteiger partial charge is 0.355 e. The lowest BCUT2D eigenvalue weighted by atomic mass is 10.2. The second-order valence-electron chi connectivity index (χ2n) is 5.69. The minimum Gasteiger partial charge on any atom is -0.355 e. The summed E-state index contributed by atoms with van der Waals surface area (Å²) in [6.07, 6.45) is -4.47. The van der Waals surface area contributed by atoms with E-state index in [0.29, 0.717) is 5.96 Å². The zero-order valence-electron chi connectivity index (χ0n) is 15.6. The third kappa shape index (κ3) is 8.06. The minimum atomic E-state index is -4.47. The van der Waals surface area contributed by atoms with Crippen LogP contribution < -0.4 is 15.4 Å². The van der Waals surface area contributed by atoms with Crippen molar-refractivity contribution in [1.29, 1.82) is 0 Å². The highest BCUT2D eigenvalue weighted by Crippen LogP contribution is 2.29. The van der Waals surface area contributed by atoms with Gasteiger partial charge in [-0.1, -0.05) is 17.7 Å². The molecule has 0 aliphatic rings. The standard InChI is InChI=1S/C16H20F3N5O2S2.HI/c1-11-3-5-12(6-4-11)28(25,26)23-8-7-21-15(20-2)22-9-14-24-13(10-27-14)16(17,18)19;/h3-6,10,23H,7-9H2,1-2H3,(H2,20,21,22);1H. The molecule has 0 saturated carbocycles. The summed E-state index contributed by atoms with van der Waals surface area (Å²) in [6, 6.07) is 6.46. The van der Waals surface area contributed by atoms with Gasteiger partial charge in [-0.05, 0) is 19.1 Å². The Bertz CT molecular complexity index is 915. The number of nitrogens with one attached hydrogen (secondary N) is 3. The molecule has 0 atom stereocenters. The third-order valence-electron chi connectivity index (χ3n) is 3.51. The van der Waals surface area contributed by atoms with Gasteiger partial charge in [-0.25, -0.2) is 18.1 Å². The predicted octanol–water partition coefficient (Wildman–Crippen LogP) is 2.73. The van der Waals surface area contributed by atoms with Crippen LogP contribution in [0.4, 0.5) is 13.2 Å². The first-order chi connectivity index (χ1) is 13.1. The van der Waals surface area contributed by atoms with Gasteiger partial charge in [0.1, 0.15) is 5.01 Å². The molecule has 0 unspecified atom stereocenters. The van der Waals surface area contributed by atoms with Crippen molar-refractivity contribution in [3.05, 3.63) is 45.9 Å². The maximum atomic E-state index is 12.5. The van der Waals surface area contributed by atoms with Gasteiger partial charge in [0, 0.05) is 25.5 Å². The summed E-state index contributed by atoms with van der Waals surface area (Å²) in [7, 11) is -2.12. The fourth-order valence-electron chi connectivity index (χ4n) is 2.07. The topological polar surface area (TPSA) is 95.5 Å². The first kappa shape index (κ1) is 25.6. The number of hydrogen-bond acceptors (Lipinski definition) is 5. The number of aryl methyl sites for hydroxylation is 1. The quantitative estimate of drug-likeness (QED) is 0.209. The zero-order valence-corrected chi connectivity index (χ0v) is 19.5. The van der Waals surface area contributed by atoms with Crippen molar-refractivity contribution in [1.82, 2.24) is 20.3 Å². The maximum absolute atomic E-state index is 12.5. The van der Waals surface area contributed by atoms with E-state index in [1.54, 1.807) is 12.1 Å². The van der Waals surface area contributed by atoms with Crippen molar-refractivity contribution in [3.8, 4) is 0 Å². The lowest BCUT2D eigenvalue weighted by Gasteiger charge is -2.12. The Kier molecular flexibility index (Phi) is 9.78. The molecule has 0 aliphatic heterocycles. The van der Waals surface area contributed by atoms with Crippen molar-refractivity contribution >= 4 is 51.3 Å². The van der Waals surface area contributed by atoms with Gasteiger partial charge in [0.15, 0.2) is 11.7 Å². The molecule has 0 amide bonds. The molecule has 162 valence electrons. The van der Waals surface area contributed by atoms with Crippen LogP contribution in [0.25, 0.3) is 0 Å². The van der Waals surface area contributed by atoms with Crippen LogP contribution >= 0.6 is 35.3 Å². The molecule has 0 aliphatic carbocycles. The van der Waals surface area contributed by atoms with Crippen molar-refractivity contribution < 1.29 is 21.6 Å². The lowest BCUT2D eigenvalue weighted by Crippen LogP contribution is -2.41. The molecule has 0 saturated heterocycles. The number of sulfonamides is 1. The summed E-state index contributed by atoms with van der Waals surface area (Å²) >= 11 is 0.891. The summed E-state index contributed by atoms with van der Waals surface area (Å²) in [6.45, 7) is 2.26. The van der Waals surface area contributed by atoms with E-state index in [1.165, 1.54) is 19.2 Å². The number of halogens is 4. The molecule has 2 aromatic rings. The molecule has 29 heavy (non-hydrogen) atoms. The van der Waals surface area contributed by atoms with Crippen molar-refractivity contribution in [2.24, 2.45) is 4.99 Å². The van der Waals surface area contributed by atoms with Gasteiger partial charge in [-0.3, -0.25) is 4.99 Å². The lowest BCUT2D eigenvalue weighted by molar-refractivity contribution is -0.140. The third-order valence-corrected chi connectivity index (χ3v) is 5.84. The van der Waals surface area contributed by atoms with E-state index in [2.05, 4.69) is 25.3 Å². The molecule has 0 spiro atoms. The number of hydrogen-bond donors (Lipinski definition) is 3. The second kappa shape index (κ2) is 11.1. The Morgan fingerprint density at radius 3 is 2.38 bits per heavy atom. The van der Waals surface area contributed by atoms with Crippen molar-refractivity contribution in [2.75, 3.05) is 20.1 Å². The predicted molar refractivity (Wildman–Crippen MR) is 117 cm³/mol. The highest BCUT2D eigenvalue weighted by Gasteiger charge is 2.33. The summed E-state index contributed by atoms with van der Waals surface area (Å²) in [5.74, 6) is 0.318. The van der Waals surface area contributed by atoms with Gasteiger partial charge < -0.3 is 10.6 Å². The second-order valence-corrected chi connectivity index (χ2v) is 8.40. The maximum Gasteiger partial charge on any atom is 0.434 e. The number of alkyl halides is 3. The van der Waals surface area contributed by atoms with Crippen LogP contribution in [-0.2, 0) is 22.7 Å². The normalized spacial score (nSPS) is 12.4. The Morgan fingerprint density at radius 1 is 1.17 bits per heavy atom. The van der Waals surface area contributed by atoms with E-state index >= 15 is 0 Å². The number of benzene rings is 1. The molecular weight excluding hydrogens is 542 g/mol. The van der Waals surface area contributed by atoms with Crippen molar-refractivity contribution in [3.63, 3.8) is 0 Å². The van der Waals surface area contributed by atoms with Crippen molar-refractivity contribution in [2.45, 2.75) is 24.5 Å². The van der Waals surface area contributed by atoms with Crippen LogP contribution in [0.2, 0.25) is 0 Å². The van der Waals surface area contributed by atoms with Gasteiger partial charge in [-0.15, -0.1) is 35.3 Å². The fraction of sp³-hybridized carbons (Fsp3) is 0.375. The Morgan fingerprint density at radius 2 is 1.83 bits per heavy atom. The fourth-order valence-corrected chi connectivity index (χ4v) is 3.84. The van der Waals surface area contributed by atoms with Crippen LogP contribution in [0.1, 0.15) is 16.3 Å². The molecule has 7 nitrogen and oxygen atoms in total. The summed E-state index contributed by atoms with van der Waals surface area (Å²) < 4.78 is 64.4. The monoisotopic (exact) mass is 563 g/mol. The Balaban J connectivity index is 0.00000420. The van der Waals surface area contributed by atoms with Gasteiger partial charge in [-0.2, -0.15) is 13.2 Å². The number of rotatable bonds is 7. The van der Waals surface area contributed by atoms with E-state index in [0.717, 1.165) is 22.3 Å². The molecular formula is C16H21F3IN5O2S2. The van der Waals surface area contributed by atoms with E-state index in [1.807, 2.05) is 6.92 Å². The molecule has 0 fully saturated rings. The summed E-state index contributed by atoms with van der Waals surface area (Å²) in [5, 5.41) is 6.92.